The Balaban J connectivity index is 2.20. The maximum Gasteiger partial charge on any atom is 0.330 e. The minimum absolute atomic E-state index is 0.0418. The van der Waals surface area contributed by atoms with Gasteiger partial charge in [0.2, 0.25) is 0 Å². The van der Waals surface area contributed by atoms with Gasteiger partial charge in [-0.25, -0.2) is 4.79 Å². The van der Waals surface area contributed by atoms with Gasteiger partial charge in [-0.15, -0.1) is 11.8 Å². The molecule has 0 radical (unpaired) electrons. The van der Waals surface area contributed by atoms with Crippen molar-refractivity contribution >= 4 is 35.5 Å². The van der Waals surface area contributed by atoms with Crippen molar-refractivity contribution in [2.45, 2.75) is 36.2 Å². The third-order valence-corrected chi connectivity index (χ3v) is 5.72. The second-order valence-corrected chi connectivity index (χ2v) is 6.87. The van der Waals surface area contributed by atoms with E-state index in [4.69, 9.17) is 9.47 Å². The Morgan fingerprint density at radius 2 is 2.11 bits per heavy atom. The maximum absolute atomic E-state index is 11.5. The lowest BCUT2D eigenvalue weighted by molar-refractivity contribution is -0.147. The number of esters is 2. The van der Waals surface area contributed by atoms with Gasteiger partial charge < -0.3 is 9.47 Å². The molecule has 0 bridgehead atoms. The molecule has 0 N–H and O–H groups in total. The molecule has 1 aliphatic rings. The van der Waals surface area contributed by atoms with Gasteiger partial charge in [0.15, 0.2) is 5.44 Å². The van der Waals surface area contributed by atoms with Gasteiger partial charge in [0.25, 0.3) is 0 Å². The first-order chi connectivity index (χ1) is 8.52. The van der Waals surface area contributed by atoms with Crippen LogP contribution in [0.25, 0.3) is 0 Å². The van der Waals surface area contributed by atoms with Gasteiger partial charge in [0.05, 0.1) is 6.42 Å². The fourth-order valence-corrected chi connectivity index (χ4v) is 3.96. The fraction of sp³-hybridized carbons (Fsp3) is 0.667. The highest BCUT2D eigenvalue weighted by atomic mass is 32.2. The number of thioether (sulfide) groups is 2. The summed E-state index contributed by atoms with van der Waals surface area (Å²) in [4.78, 5) is 22.3. The van der Waals surface area contributed by atoms with E-state index >= 15 is 0 Å². The molecular weight excluding hydrogens is 272 g/mol. The summed E-state index contributed by atoms with van der Waals surface area (Å²) in [7, 11) is 0. The van der Waals surface area contributed by atoms with E-state index in [1.807, 2.05) is 11.8 Å². The topological polar surface area (TPSA) is 52.6 Å². The zero-order valence-corrected chi connectivity index (χ0v) is 12.2. The molecule has 3 atom stereocenters. The number of hydrogen-bond donors (Lipinski definition) is 0. The Morgan fingerprint density at radius 1 is 1.39 bits per heavy atom. The van der Waals surface area contributed by atoms with Gasteiger partial charge >= 0.3 is 11.9 Å². The first-order valence-corrected chi connectivity index (χ1v) is 7.77. The van der Waals surface area contributed by atoms with E-state index in [1.165, 1.54) is 0 Å². The van der Waals surface area contributed by atoms with Crippen LogP contribution in [0.2, 0.25) is 0 Å². The molecule has 0 saturated carbocycles. The number of ether oxygens (including phenoxy) is 2. The molecule has 0 aliphatic carbocycles. The van der Waals surface area contributed by atoms with Crippen LogP contribution in [0.4, 0.5) is 0 Å². The molecule has 3 unspecified atom stereocenters. The van der Waals surface area contributed by atoms with E-state index in [-0.39, 0.29) is 24.4 Å². The highest BCUT2D eigenvalue weighted by Gasteiger charge is 2.28. The van der Waals surface area contributed by atoms with Crippen molar-refractivity contribution in [1.82, 2.24) is 0 Å². The first kappa shape index (κ1) is 15.4. The smallest absolute Gasteiger partial charge is 0.330 e. The second kappa shape index (κ2) is 7.74. The van der Waals surface area contributed by atoms with E-state index in [9.17, 15) is 9.59 Å². The standard InChI is InChI=1S/C12H18O4S2/c1-4-10(13)15-6-5-11(14)16-12-7-17-8(2)9(3)18-12/h4,8-9,12H,1,5-7H2,2-3H3. The predicted molar refractivity (Wildman–Crippen MR) is 74.6 cm³/mol. The SMILES string of the molecule is C=CC(=O)OCCC(=O)OC1CSC(C)C(C)S1. The Kier molecular flexibility index (Phi) is 6.63. The highest BCUT2D eigenvalue weighted by Crippen LogP contribution is 2.36. The van der Waals surface area contributed by atoms with Gasteiger partial charge in [-0.05, 0) is 0 Å². The minimum atomic E-state index is -0.521. The van der Waals surface area contributed by atoms with Gasteiger partial charge in [0.1, 0.15) is 6.61 Å². The molecule has 102 valence electrons. The molecule has 0 aromatic heterocycles. The summed E-state index contributed by atoms with van der Waals surface area (Å²) < 4.78 is 10.0. The van der Waals surface area contributed by atoms with Crippen molar-refractivity contribution in [3.63, 3.8) is 0 Å². The third kappa shape index (κ3) is 5.35. The lowest BCUT2D eigenvalue weighted by Gasteiger charge is -2.30. The Bertz CT molecular complexity index is 319. The van der Waals surface area contributed by atoms with E-state index < -0.39 is 5.97 Å². The largest absolute Gasteiger partial charge is 0.462 e. The molecule has 4 nitrogen and oxygen atoms in total. The third-order valence-electron chi connectivity index (χ3n) is 2.50. The predicted octanol–water partition coefficient (Wildman–Crippen LogP) is 2.23. The Morgan fingerprint density at radius 3 is 2.72 bits per heavy atom. The zero-order valence-electron chi connectivity index (χ0n) is 10.6. The fourth-order valence-electron chi connectivity index (χ4n) is 1.32. The normalized spacial score (nSPS) is 27.3. The van der Waals surface area contributed by atoms with Crippen molar-refractivity contribution in [1.29, 1.82) is 0 Å². The summed E-state index contributed by atoms with van der Waals surface area (Å²) in [6.45, 7) is 7.62. The van der Waals surface area contributed by atoms with Crippen molar-refractivity contribution in [3.05, 3.63) is 12.7 Å². The number of carbonyl (C=O) groups is 2. The van der Waals surface area contributed by atoms with E-state index in [1.54, 1.807) is 11.8 Å². The molecule has 6 heteroatoms. The molecule has 1 heterocycles. The number of rotatable bonds is 5. The van der Waals surface area contributed by atoms with Gasteiger partial charge in [0, 0.05) is 22.3 Å². The maximum atomic E-state index is 11.5. The van der Waals surface area contributed by atoms with Crippen molar-refractivity contribution in [3.8, 4) is 0 Å². The average Bonchev–Trinajstić information content (AvgIpc) is 2.33. The molecule has 0 aromatic rings. The van der Waals surface area contributed by atoms with Gasteiger partial charge in [-0.2, -0.15) is 11.8 Å². The monoisotopic (exact) mass is 290 g/mol. The average molecular weight is 290 g/mol. The van der Waals surface area contributed by atoms with Crippen LogP contribution >= 0.6 is 23.5 Å². The molecular formula is C12H18O4S2. The van der Waals surface area contributed by atoms with Crippen LogP contribution in [0.5, 0.6) is 0 Å². The molecule has 0 amide bonds. The zero-order chi connectivity index (χ0) is 13.5. The van der Waals surface area contributed by atoms with E-state index in [0.29, 0.717) is 10.5 Å². The van der Waals surface area contributed by atoms with E-state index in [0.717, 1.165) is 11.8 Å². The molecule has 1 fully saturated rings. The van der Waals surface area contributed by atoms with Gasteiger partial charge in [-0.1, -0.05) is 20.4 Å². The van der Waals surface area contributed by atoms with Crippen LogP contribution in [0.15, 0.2) is 12.7 Å². The molecule has 1 saturated heterocycles. The molecule has 18 heavy (non-hydrogen) atoms. The van der Waals surface area contributed by atoms with Crippen LogP contribution in [-0.4, -0.2) is 40.2 Å². The van der Waals surface area contributed by atoms with Crippen molar-refractivity contribution < 1.29 is 19.1 Å². The quantitative estimate of drug-likeness (QED) is 0.572. The summed E-state index contributed by atoms with van der Waals surface area (Å²) >= 11 is 3.49. The molecule has 1 aliphatic heterocycles. The van der Waals surface area contributed by atoms with Crippen LogP contribution in [-0.2, 0) is 19.1 Å². The van der Waals surface area contributed by atoms with Crippen LogP contribution < -0.4 is 0 Å². The lowest BCUT2D eigenvalue weighted by Crippen LogP contribution is -2.29. The van der Waals surface area contributed by atoms with Crippen molar-refractivity contribution in [2.24, 2.45) is 0 Å². The summed E-state index contributed by atoms with van der Waals surface area (Å²) in [5.41, 5.74) is -0.0937. The highest BCUT2D eigenvalue weighted by molar-refractivity contribution is 8.07. The van der Waals surface area contributed by atoms with Crippen LogP contribution in [0.3, 0.4) is 0 Å². The molecule has 0 spiro atoms. The first-order valence-electron chi connectivity index (χ1n) is 5.78. The number of carbonyl (C=O) groups excluding carboxylic acids is 2. The van der Waals surface area contributed by atoms with Crippen LogP contribution in [0, 0.1) is 0 Å². The van der Waals surface area contributed by atoms with Crippen molar-refractivity contribution in [2.75, 3.05) is 12.4 Å². The lowest BCUT2D eigenvalue weighted by atomic mass is 10.4. The second-order valence-electron chi connectivity index (χ2n) is 3.92. The summed E-state index contributed by atoms with van der Waals surface area (Å²) in [6.07, 6.45) is 1.16. The van der Waals surface area contributed by atoms with Gasteiger partial charge in [-0.3, -0.25) is 4.79 Å². The van der Waals surface area contributed by atoms with E-state index in [2.05, 4.69) is 20.4 Å². The Labute approximate surface area is 116 Å². The minimum Gasteiger partial charge on any atom is -0.462 e. The molecule has 1 rings (SSSR count). The summed E-state index contributed by atoms with van der Waals surface area (Å²) in [5, 5.41) is 1.05. The summed E-state index contributed by atoms with van der Waals surface area (Å²) in [6, 6.07) is 0. The number of hydrogen-bond acceptors (Lipinski definition) is 6. The van der Waals surface area contributed by atoms with Crippen LogP contribution in [0.1, 0.15) is 20.3 Å². The molecule has 0 aromatic carbocycles. The summed E-state index contributed by atoms with van der Waals surface area (Å²) in [5.74, 6) is -0.0338. The Hall–Kier alpha value is -0.620.